The molecule has 26 heavy (non-hydrogen) atoms. The topological polar surface area (TPSA) is 67.4 Å². The Morgan fingerprint density at radius 2 is 1.88 bits per heavy atom. The molecule has 5 nitrogen and oxygen atoms in total. The van der Waals surface area contributed by atoms with E-state index in [0.717, 1.165) is 14.8 Å². The fourth-order valence-corrected chi connectivity index (χ4v) is 3.52. The first-order valence-corrected chi connectivity index (χ1v) is 9.83. The van der Waals surface area contributed by atoms with Gasteiger partial charge in [-0.3, -0.25) is 9.59 Å². The highest BCUT2D eigenvalue weighted by molar-refractivity contribution is 14.1. The second kappa shape index (κ2) is 8.65. The number of halogens is 1. The van der Waals surface area contributed by atoms with Crippen LogP contribution in [0.3, 0.4) is 0 Å². The first-order chi connectivity index (χ1) is 12.5. The number of thioether (sulfide) groups is 1. The third kappa shape index (κ3) is 5.29. The summed E-state index contributed by atoms with van der Waals surface area (Å²) < 4.78 is 7.05. The molecule has 1 heterocycles. The van der Waals surface area contributed by atoms with Crippen molar-refractivity contribution in [1.29, 1.82) is 0 Å². The zero-order valence-corrected chi connectivity index (χ0v) is 17.1. The lowest BCUT2D eigenvalue weighted by atomic mass is 10.2. The quantitative estimate of drug-likeness (QED) is 0.375. The van der Waals surface area contributed by atoms with Crippen molar-refractivity contribution >= 4 is 74.5 Å². The van der Waals surface area contributed by atoms with Gasteiger partial charge in [0.1, 0.15) is 10.1 Å². The van der Waals surface area contributed by atoms with E-state index in [1.165, 1.54) is 11.8 Å². The second-order valence-corrected chi connectivity index (χ2v) is 8.23. The molecule has 3 rings (SSSR count). The fourth-order valence-electron chi connectivity index (χ4n) is 2.11. The van der Waals surface area contributed by atoms with Gasteiger partial charge in [0, 0.05) is 9.26 Å². The summed E-state index contributed by atoms with van der Waals surface area (Å²) in [5, 5.41) is 5.34. The van der Waals surface area contributed by atoms with Crippen LogP contribution in [0.2, 0.25) is 0 Å². The van der Waals surface area contributed by atoms with Crippen molar-refractivity contribution in [3.8, 4) is 5.75 Å². The molecule has 2 aromatic carbocycles. The predicted octanol–water partition coefficient (Wildman–Crippen LogP) is 3.80. The first-order valence-electron chi connectivity index (χ1n) is 7.53. The molecular weight excluding hydrogens is 483 g/mol. The van der Waals surface area contributed by atoms with E-state index in [4.69, 9.17) is 17.0 Å². The number of thiocarbonyl (C=S) groups is 1. The molecule has 2 N–H and O–H groups in total. The highest BCUT2D eigenvalue weighted by atomic mass is 127. The van der Waals surface area contributed by atoms with Crippen LogP contribution in [0.5, 0.6) is 5.75 Å². The van der Waals surface area contributed by atoms with Gasteiger partial charge >= 0.3 is 0 Å². The number of rotatable bonds is 5. The van der Waals surface area contributed by atoms with Gasteiger partial charge in [-0.05, 0) is 70.6 Å². The fraction of sp³-hybridized carbons (Fsp3) is 0.0556. The molecular formula is C18H13IN2O3S2. The predicted molar refractivity (Wildman–Crippen MR) is 116 cm³/mol. The highest BCUT2D eigenvalue weighted by Crippen LogP contribution is 2.26. The summed E-state index contributed by atoms with van der Waals surface area (Å²) in [4.78, 5) is 24.1. The minimum absolute atomic E-state index is 0.0844. The Labute approximate surface area is 173 Å². The molecule has 0 bridgehead atoms. The summed E-state index contributed by atoms with van der Waals surface area (Å²) in [6.07, 6.45) is 1.76. The number of benzene rings is 2. The monoisotopic (exact) mass is 496 g/mol. The Kier molecular flexibility index (Phi) is 6.28. The Bertz CT molecular complexity index is 880. The molecule has 0 atom stereocenters. The number of carbonyl (C=O) groups excluding carboxylic acids is 2. The summed E-state index contributed by atoms with van der Waals surface area (Å²) in [6, 6.07) is 14.6. The molecule has 1 saturated heterocycles. The van der Waals surface area contributed by atoms with E-state index >= 15 is 0 Å². The summed E-state index contributed by atoms with van der Waals surface area (Å²) >= 11 is 8.39. The maximum absolute atomic E-state index is 11.9. The van der Waals surface area contributed by atoms with Crippen LogP contribution < -0.4 is 15.4 Å². The standard InChI is InChI=1S/C18H13IN2O3S2/c19-12-3-5-13(6-4-12)20-16(22)10-24-14-7-1-11(2-8-14)9-15-17(23)21-18(25)26-15/h1-9H,10H2,(H,20,22)(H,21,23,25)/b15-9-. The van der Waals surface area contributed by atoms with E-state index in [2.05, 4.69) is 33.2 Å². The lowest BCUT2D eigenvalue weighted by molar-refractivity contribution is -0.118. The average Bonchev–Trinajstić information content (AvgIpc) is 2.93. The molecule has 2 amide bonds. The van der Waals surface area contributed by atoms with Gasteiger partial charge in [-0.1, -0.05) is 36.1 Å². The van der Waals surface area contributed by atoms with Gasteiger partial charge < -0.3 is 15.4 Å². The second-order valence-electron chi connectivity index (χ2n) is 5.27. The minimum atomic E-state index is -0.232. The van der Waals surface area contributed by atoms with Crippen molar-refractivity contribution in [2.45, 2.75) is 0 Å². The van der Waals surface area contributed by atoms with Crippen LogP contribution in [0.1, 0.15) is 5.56 Å². The van der Waals surface area contributed by atoms with Crippen LogP contribution in [0.4, 0.5) is 5.69 Å². The summed E-state index contributed by atoms with van der Waals surface area (Å²) in [5.74, 6) is 0.154. The molecule has 0 aliphatic carbocycles. The van der Waals surface area contributed by atoms with Crippen LogP contribution in [-0.2, 0) is 9.59 Å². The van der Waals surface area contributed by atoms with E-state index in [0.29, 0.717) is 15.0 Å². The molecule has 1 fully saturated rings. The maximum Gasteiger partial charge on any atom is 0.263 e. The lowest BCUT2D eigenvalue weighted by Crippen LogP contribution is -2.20. The van der Waals surface area contributed by atoms with Gasteiger partial charge in [0.2, 0.25) is 0 Å². The van der Waals surface area contributed by atoms with Gasteiger partial charge in [-0.15, -0.1) is 0 Å². The van der Waals surface area contributed by atoms with Crippen molar-refractivity contribution in [1.82, 2.24) is 5.32 Å². The van der Waals surface area contributed by atoms with Crippen molar-refractivity contribution in [2.24, 2.45) is 0 Å². The Morgan fingerprint density at radius 1 is 1.19 bits per heavy atom. The number of hydrogen-bond acceptors (Lipinski definition) is 5. The van der Waals surface area contributed by atoms with Gasteiger partial charge in [0.25, 0.3) is 11.8 Å². The third-order valence-corrected chi connectivity index (χ3v) is 5.20. The lowest BCUT2D eigenvalue weighted by Gasteiger charge is -2.08. The maximum atomic E-state index is 11.9. The van der Waals surface area contributed by atoms with Crippen molar-refractivity contribution in [2.75, 3.05) is 11.9 Å². The zero-order valence-electron chi connectivity index (χ0n) is 13.3. The number of nitrogens with one attached hydrogen (secondary N) is 2. The van der Waals surface area contributed by atoms with Crippen molar-refractivity contribution < 1.29 is 14.3 Å². The third-order valence-electron chi connectivity index (χ3n) is 3.32. The van der Waals surface area contributed by atoms with Crippen molar-refractivity contribution in [3.63, 3.8) is 0 Å². The van der Waals surface area contributed by atoms with Crippen LogP contribution in [-0.4, -0.2) is 22.7 Å². The summed E-state index contributed by atoms with van der Waals surface area (Å²) in [5.41, 5.74) is 1.58. The summed E-state index contributed by atoms with van der Waals surface area (Å²) in [6.45, 7) is -0.0844. The van der Waals surface area contributed by atoms with E-state index in [-0.39, 0.29) is 18.4 Å². The van der Waals surface area contributed by atoms with Gasteiger partial charge in [-0.2, -0.15) is 0 Å². The normalized spacial score (nSPS) is 15.0. The molecule has 0 unspecified atom stereocenters. The Hall–Kier alpha value is -1.91. The van der Waals surface area contributed by atoms with Crippen LogP contribution in [0, 0.1) is 3.57 Å². The zero-order chi connectivity index (χ0) is 18.5. The van der Waals surface area contributed by atoms with Gasteiger partial charge in [0.15, 0.2) is 6.61 Å². The number of ether oxygens (including phenoxy) is 1. The molecule has 8 heteroatoms. The average molecular weight is 496 g/mol. The molecule has 2 aromatic rings. The number of hydrogen-bond donors (Lipinski definition) is 2. The van der Waals surface area contributed by atoms with E-state index in [9.17, 15) is 9.59 Å². The van der Waals surface area contributed by atoms with Crippen LogP contribution >= 0.6 is 46.6 Å². The Morgan fingerprint density at radius 3 is 2.50 bits per heavy atom. The number of amides is 2. The van der Waals surface area contributed by atoms with Crippen molar-refractivity contribution in [3.05, 3.63) is 62.6 Å². The minimum Gasteiger partial charge on any atom is -0.484 e. The first kappa shape index (κ1) is 18.9. The van der Waals surface area contributed by atoms with Crippen LogP contribution in [0.15, 0.2) is 53.4 Å². The highest BCUT2D eigenvalue weighted by Gasteiger charge is 2.21. The Balaban J connectivity index is 1.53. The SMILES string of the molecule is O=C(COc1ccc(/C=C2\SC(=S)NC2=O)cc1)Nc1ccc(I)cc1. The summed E-state index contributed by atoms with van der Waals surface area (Å²) in [7, 11) is 0. The van der Waals surface area contributed by atoms with E-state index < -0.39 is 0 Å². The molecule has 1 aliphatic rings. The van der Waals surface area contributed by atoms with Crippen LogP contribution in [0.25, 0.3) is 6.08 Å². The number of anilines is 1. The van der Waals surface area contributed by atoms with Gasteiger partial charge in [-0.25, -0.2) is 0 Å². The molecule has 0 radical (unpaired) electrons. The largest absolute Gasteiger partial charge is 0.484 e. The van der Waals surface area contributed by atoms with E-state index in [1.807, 2.05) is 36.4 Å². The van der Waals surface area contributed by atoms with Gasteiger partial charge in [0.05, 0.1) is 4.91 Å². The smallest absolute Gasteiger partial charge is 0.263 e. The molecule has 132 valence electrons. The molecule has 0 saturated carbocycles. The molecule has 0 aromatic heterocycles. The number of carbonyl (C=O) groups is 2. The van der Waals surface area contributed by atoms with E-state index in [1.54, 1.807) is 18.2 Å². The molecule has 1 aliphatic heterocycles. The molecule has 0 spiro atoms.